The van der Waals surface area contributed by atoms with Gasteiger partial charge in [-0.2, -0.15) is 5.10 Å². The first kappa shape index (κ1) is 11.7. The van der Waals surface area contributed by atoms with Gasteiger partial charge in [-0.3, -0.25) is 0 Å². The van der Waals surface area contributed by atoms with Gasteiger partial charge in [0.1, 0.15) is 0 Å². The molecule has 0 aliphatic rings. The van der Waals surface area contributed by atoms with Gasteiger partial charge in [-0.05, 0) is 41.9 Å². The first-order chi connectivity index (χ1) is 7.65. The third-order valence-corrected chi connectivity index (χ3v) is 3.59. The maximum absolute atomic E-state index is 5.91. The first-order valence-electron chi connectivity index (χ1n) is 5.01. The minimum atomic E-state index is 0.502. The molecular weight excluding hydrogens is 288 g/mol. The van der Waals surface area contributed by atoms with Crippen molar-refractivity contribution in [2.24, 2.45) is 0 Å². The van der Waals surface area contributed by atoms with Crippen molar-refractivity contribution in [1.29, 1.82) is 0 Å². The van der Waals surface area contributed by atoms with Crippen LogP contribution in [0.25, 0.3) is 5.69 Å². The molecule has 1 aromatic heterocycles. The van der Waals surface area contributed by atoms with Crippen LogP contribution in [0.4, 0.5) is 0 Å². The fourth-order valence-electron chi connectivity index (χ4n) is 1.73. The van der Waals surface area contributed by atoms with E-state index in [1.807, 2.05) is 42.8 Å². The van der Waals surface area contributed by atoms with Gasteiger partial charge in [0, 0.05) is 15.7 Å². The highest BCUT2D eigenvalue weighted by atomic mass is 79.9. The molecule has 1 aromatic carbocycles. The topological polar surface area (TPSA) is 17.8 Å². The Kier molecular flexibility index (Phi) is 3.36. The highest BCUT2D eigenvalue weighted by Gasteiger charge is 2.12. The molecule has 0 atom stereocenters. The number of aromatic nitrogens is 2. The van der Waals surface area contributed by atoms with Crippen LogP contribution < -0.4 is 0 Å². The van der Waals surface area contributed by atoms with E-state index in [1.165, 1.54) is 0 Å². The van der Waals surface area contributed by atoms with E-state index in [2.05, 4.69) is 21.0 Å². The van der Waals surface area contributed by atoms with Crippen LogP contribution in [0, 0.1) is 13.8 Å². The second kappa shape index (κ2) is 4.60. The Hall–Kier alpha value is -0.800. The molecule has 2 rings (SSSR count). The summed E-state index contributed by atoms with van der Waals surface area (Å²) in [5, 5.41) is 4.51. The van der Waals surface area contributed by atoms with Gasteiger partial charge in [-0.25, -0.2) is 4.68 Å². The SMILES string of the molecule is Cc1nn(-c2ccccc2Br)c(C)c1CCl. The molecule has 0 saturated carbocycles. The summed E-state index contributed by atoms with van der Waals surface area (Å²) in [5.41, 5.74) is 4.24. The Balaban J connectivity index is 2.62. The smallest absolute Gasteiger partial charge is 0.0790 e. The van der Waals surface area contributed by atoms with Crippen molar-refractivity contribution < 1.29 is 0 Å². The van der Waals surface area contributed by atoms with Crippen LogP contribution in [0.1, 0.15) is 17.0 Å². The molecule has 0 unspecified atom stereocenters. The van der Waals surface area contributed by atoms with Gasteiger partial charge in [0.2, 0.25) is 0 Å². The summed E-state index contributed by atoms with van der Waals surface area (Å²) in [6.45, 7) is 4.02. The number of alkyl halides is 1. The van der Waals surface area contributed by atoms with Gasteiger partial charge in [0.25, 0.3) is 0 Å². The van der Waals surface area contributed by atoms with Crippen LogP contribution in [0.5, 0.6) is 0 Å². The molecule has 0 spiro atoms. The van der Waals surface area contributed by atoms with Gasteiger partial charge < -0.3 is 0 Å². The highest BCUT2D eigenvalue weighted by molar-refractivity contribution is 9.10. The van der Waals surface area contributed by atoms with E-state index in [0.29, 0.717) is 5.88 Å². The molecule has 0 radical (unpaired) electrons. The molecule has 0 amide bonds. The molecular formula is C12H12BrClN2. The van der Waals surface area contributed by atoms with Crippen LogP contribution in [0.2, 0.25) is 0 Å². The average Bonchev–Trinajstić information content (AvgIpc) is 2.55. The molecule has 2 nitrogen and oxygen atoms in total. The summed E-state index contributed by atoms with van der Waals surface area (Å²) in [7, 11) is 0. The van der Waals surface area contributed by atoms with Gasteiger partial charge in [0.05, 0.1) is 17.3 Å². The molecule has 0 saturated heterocycles. The second-order valence-electron chi connectivity index (χ2n) is 3.65. The fourth-order valence-corrected chi connectivity index (χ4v) is 2.57. The lowest BCUT2D eigenvalue weighted by atomic mass is 10.2. The van der Waals surface area contributed by atoms with Gasteiger partial charge in [-0.1, -0.05) is 12.1 Å². The molecule has 1 heterocycles. The van der Waals surface area contributed by atoms with Crippen LogP contribution in [0.3, 0.4) is 0 Å². The number of benzene rings is 1. The predicted octanol–water partition coefficient (Wildman–Crippen LogP) is 3.99. The van der Waals surface area contributed by atoms with E-state index in [-0.39, 0.29) is 0 Å². The Labute approximate surface area is 108 Å². The summed E-state index contributed by atoms with van der Waals surface area (Å²) in [5.74, 6) is 0.502. The summed E-state index contributed by atoms with van der Waals surface area (Å²) in [6.07, 6.45) is 0. The number of hydrogen-bond donors (Lipinski definition) is 0. The number of nitrogens with zero attached hydrogens (tertiary/aromatic N) is 2. The minimum absolute atomic E-state index is 0.502. The lowest BCUT2D eigenvalue weighted by Crippen LogP contribution is -2.00. The van der Waals surface area contributed by atoms with Crippen LogP contribution >= 0.6 is 27.5 Å². The van der Waals surface area contributed by atoms with E-state index in [1.54, 1.807) is 0 Å². The third-order valence-electron chi connectivity index (χ3n) is 2.66. The molecule has 0 aliphatic carbocycles. The first-order valence-corrected chi connectivity index (χ1v) is 6.34. The molecule has 2 aromatic rings. The Bertz CT molecular complexity index is 520. The number of para-hydroxylation sites is 1. The largest absolute Gasteiger partial charge is 0.236 e. The maximum Gasteiger partial charge on any atom is 0.0790 e. The van der Waals surface area contributed by atoms with Crippen LogP contribution in [-0.4, -0.2) is 9.78 Å². The zero-order valence-corrected chi connectivity index (χ0v) is 11.5. The van der Waals surface area contributed by atoms with Crippen molar-refractivity contribution in [3.63, 3.8) is 0 Å². The van der Waals surface area contributed by atoms with E-state index < -0.39 is 0 Å². The lowest BCUT2D eigenvalue weighted by molar-refractivity contribution is 0.829. The number of rotatable bonds is 2. The fraction of sp³-hybridized carbons (Fsp3) is 0.250. The van der Waals surface area contributed by atoms with Crippen molar-refractivity contribution in [3.05, 3.63) is 45.7 Å². The number of hydrogen-bond acceptors (Lipinski definition) is 1. The zero-order valence-electron chi connectivity index (χ0n) is 9.17. The highest BCUT2D eigenvalue weighted by Crippen LogP contribution is 2.24. The van der Waals surface area contributed by atoms with E-state index in [0.717, 1.165) is 27.1 Å². The molecule has 4 heteroatoms. The number of halogens is 2. The van der Waals surface area contributed by atoms with Crippen molar-refractivity contribution in [1.82, 2.24) is 9.78 Å². The Morgan fingerprint density at radius 1 is 1.31 bits per heavy atom. The summed E-state index contributed by atoms with van der Waals surface area (Å²) >= 11 is 9.44. The predicted molar refractivity (Wildman–Crippen MR) is 70.3 cm³/mol. The van der Waals surface area contributed by atoms with E-state index >= 15 is 0 Å². The Morgan fingerprint density at radius 2 is 2.00 bits per heavy atom. The number of aryl methyl sites for hydroxylation is 1. The molecule has 0 bridgehead atoms. The molecule has 0 N–H and O–H groups in total. The van der Waals surface area contributed by atoms with Gasteiger partial charge >= 0.3 is 0 Å². The maximum atomic E-state index is 5.91. The second-order valence-corrected chi connectivity index (χ2v) is 4.77. The van der Waals surface area contributed by atoms with Crippen molar-refractivity contribution in [3.8, 4) is 5.69 Å². The average molecular weight is 300 g/mol. The summed E-state index contributed by atoms with van der Waals surface area (Å²) in [6, 6.07) is 8.02. The third kappa shape index (κ3) is 1.89. The zero-order chi connectivity index (χ0) is 11.7. The van der Waals surface area contributed by atoms with Crippen LogP contribution in [-0.2, 0) is 5.88 Å². The van der Waals surface area contributed by atoms with Crippen molar-refractivity contribution in [2.45, 2.75) is 19.7 Å². The summed E-state index contributed by atoms with van der Waals surface area (Å²) in [4.78, 5) is 0. The van der Waals surface area contributed by atoms with Crippen LogP contribution in [0.15, 0.2) is 28.7 Å². The normalized spacial score (nSPS) is 10.8. The van der Waals surface area contributed by atoms with Crippen molar-refractivity contribution in [2.75, 3.05) is 0 Å². The Morgan fingerprint density at radius 3 is 2.56 bits per heavy atom. The summed E-state index contributed by atoms with van der Waals surface area (Å²) < 4.78 is 2.96. The standard InChI is InChI=1S/C12H12BrClN2/c1-8-10(7-14)9(2)16(15-8)12-6-4-3-5-11(12)13/h3-6H,7H2,1-2H3. The molecule has 0 fully saturated rings. The van der Waals surface area contributed by atoms with Gasteiger partial charge in [-0.15, -0.1) is 11.6 Å². The molecule has 16 heavy (non-hydrogen) atoms. The lowest BCUT2D eigenvalue weighted by Gasteiger charge is -2.06. The molecule has 84 valence electrons. The quantitative estimate of drug-likeness (QED) is 0.767. The van der Waals surface area contributed by atoms with Gasteiger partial charge in [0.15, 0.2) is 0 Å². The minimum Gasteiger partial charge on any atom is -0.236 e. The van der Waals surface area contributed by atoms with E-state index in [4.69, 9.17) is 11.6 Å². The monoisotopic (exact) mass is 298 g/mol. The molecule has 0 aliphatic heterocycles. The van der Waals surface area contributed by atoms with E-state index in [9.17, 15) is 0 Å². The van der Waals surface area contributed by atoms with Crippen molar-refractivity contribution >= 4 is 27.5 Å².